The Morgan fingerprint density at radius 2 is 1.58 bits per heavy atom. The molecule has 0 aliphatic rings. The van der Waals surface area contributed by atoms with E-state index < -0.39 is 60.8 Å². The Morgan fingerprint density at radius 1 is 0.970 bits per heavy atom. The Morgan fingerprint density at radius 3 is 2.09 bits per heavy atom. The molecule has 12 nitrogen and oxygen atoms in total. The number of carbonyl (C=O) groups excluding carboxylic acids is 3. The first-order valence-electron chi connectivity index (χ1n) is 10.3. The van der Waals surface area contributed by atoms with Crippen molar-refractivity contribution < 1.29 is 39.3 Å². The molecule has 1 aromatic carbocycles. The highest BCUT2D eigenvalue weighted by atomic mass is 16.4. The molecule has 33 heavy (non-hydrogen) atoms. The lowest BCUT2D eigenvalue weighted by molar-refractivity contribution is -0.142. The molecule has 1 aromatic rings. The molecule has 0 heterocycles. The van der Waals surface area contributed by atoms with Crippen molar-refractivity contribution in [3.63, 3.8) is 0 Å². The number of nitrogens with two attached hydrogens (primary N) is 1. The van der Waals surface area contributed by atoms with Gasteiger partial charge in [-0.05, 0) is 23.6 Å². The van der Waals surface area contributed by atoms with Crippen molar-refractivity contribution in [2.75, 3.05) is 6.54 Å². The summed E-state index contributed by atoms with van der Waals surface area (Å²) in [6, 6.07) is 2.04. The number of carboxylic acid groups (broad SMARTS) is 2. The molecule has 0 spiro atoms. The molecular formula is C21H30N4O8. The first-order chi connectivity index (χ1) is 15.4. The van der Waals surface area contributed by atoms with Gasteiger partial charge in [-0.15, -0.1) is 0 Å². The Kier molecular flexibility index (Phi) is 10.8. The number of phenolic OH excluding ortho intramolecular Hbond substituents is 1. The van der Waals surface area contributed by atoms with Gasteiger partial charge in [0.05, 0.1) is 19.0 Å². The van der Waals surface area contributed by atoms with Gasteiger partial charge in [-0.1, -0.05) is 32.4 Å². The van der Waals surface area contributed by atoms with Gasteiger partial charge in [-0.2, -0.15) is 0 Å². The van der Waals surface area contributed by atoms with E-state index >= 15 is 0 Å². The van der Waals surface area contributed by atoms with Crippen molar-refractivity contribution in [2.24, 2.45) is 11.7 Å². The standard InChI is InChI=1S/C21H30N4O8/c1-3-11(2)18(22)20(31)25-14(9-17(28)29)19(30)23-10-16(27)24-15(21(32)33)8-12-4-6-13(26)7-5-12/h4-7,11,14-15,18,26H,3,8-10,22H2,1-2H3,(H,23,30)(H,24,27)(H,25,31)(H,28,29)(H,32,33). The Labute approximate surface area is 190 Å². The lowest BCUT2D eigenvalue weighted by Crippen LogP contribution is -2.55. The van der Waals surface area contributed by atoms with Gasteiger partial charge in [0.2, 0.25) is 17.7 Å². The fourth-order valence-corrected chi connectivity index (χ4v) is 2.77. The van der Waals surface area contributed by atoms with Gasteiger partial charge in [-0.3, -0.25) is 19.2 Å². The maximum atomic E-state index is 12.4. The third-order valence-electron chi connectivity index (χ3n) is 5.00. The van der Waals surface area contributed by atoms with Gasteiger partial charge in [0.1, 0.15) is 17.8 Å². The maximum Gasteiger partial charge on any atom is 0.326 e. The average molecular weight is 466 g/mol. The fraction of sp³-hybridized carbons (Fsp3) is 0.476. The highest BCUT2D eigenvalue weighted by Crippen LogP contribution is 2.11. The number of nitrogens with one attached hydrogen (secondary N) is 3. The third kappa shape index (κ3) is 9.56. The summed E-state index contributed by atoms with van der Waals surface area (Å²) in [5, 5.41) is 34.4. The maximum absolute atomic E-state index is 12.4. The molecule has 0 radical (unpaired) electrons. The molecule has 1 rings (SSSR count). The number of hydrogen-bond acceptors (Lipinski definition) is 7. The summed E-state index contributed by atoms with van der Waals surface area (Å²) in [5.74, 6) is -5.31. The van der Waals surface area contributed by atoms with Crippen LogP contribution in [0.4, 0.5) is 0 Å². The number of hydrogen-bond donors (Lipinski definition) is 7. The number of carboxylic acids is 2. The molecule has 0 aliphatic carbocycles. The number of aliphatic carboxylic acids is 2. The summed E-state index contributed by atoms with van der Waals surface area (Å²) in [7, 11) is 0. The summed E-state index contributed by atoms with van der Waals surface area (Å²) in [6.07, 6.45) is -0.203. The zero-order chi connectivity index (χ0) is 25.1. The number of carbonyl (C=O) groups is 5. The Balaban J connectivity index is 2.70. The first kappa shape index (κ1) is 27.4. The number of aromatic hydroxyl groups is 1. The first-order valence-corrected chi connectivity index (χ1v) is 10.3. The van der Waals surface area contributed by atoms with E-state index in [4.69, 9.17) is 10.8 Å². The van der Waals surface area contributed by atoms with Crippen molar-refractivity contribution in [1.29, 1.82) is 0 Å². The van der Waals surface area contributed by atoms with Gasteiger partial charge in [0.15, 0.2) is 0 Å². The van der Waals surface area contributed by atoms with Crippen molar-refractivity contribution in [3.05, 3.63) is 29.8 Å². The normalized spacial score (nSPS) is 14.3. The monoisotopic (exact) mass is 466 g/mol. The second-order valence-electron chi connectivity index (χ2n) is 7.62. The van der Waals surface area contributed by atoms with Crippen LogP contribution in [0.5, 0.6) is 5.75 Å². The predicted molar refractivity (Wildman–Crippen MR) is 116 cm³/mol. The number of amides is 3. The number of benzene rings is 1. The molecule has 8 N–H and O–H groups in total. The molecule has 4 unspecified atom stereocenters. The molecule has 4 atom stereocenters. The minimum atomic E-state index is -1.47. The zero-order valence-electron chi connectivity index (χ0n) is 18.4. The SMILES string of the molecule is CCC(C)C(N)C(=O)NC(CC(=O)O)C(=O)NCC(=O)NC(Cc1ccc(O)cc1)C(=O)O. The minimum absolute atomic E-state index is 0.00508. The van der Waals surface area contributed by atoms with E-state index in [1.165, 1.54) is 24.3 Å². The number of rotatable bonds is 13. The van der Waals surface area contributed by atoms with Crippen LogP contribution in [-0.4, -0.2) is 69.7 Å². The molecule has 182 valence electrons. The zero-order valence-corrected chi connectivity index (χ0v) is 18.4. The molecule has 12 heteroatoms. The summed E-state index contributed by atoms with van der Waals surface area (Å²) in [4.78, 5) is 59.3. The molecule has 0 fully saturated rings. The van der Waals surface area contributed by atoms with E-state index in [-0.39, 0.29) is 18.1 Å². The molecular weight excluding hydrogens is 436 g/mol. The van der Waals surface area contributed by atoms with E-state index in [9.17, 15) is 34.2 Å². The van der Waals surface area contributed by atoms with E-state index in [0.29, 0.717) is 12.0 Å². The summed E-state index contributed by atoms with van der Waals surface area (Å²) < 4.78 is 0. The smallest absolute Gasteiger partial charge is 0.326 e. The predicted octanol–water partition coefficient (Wildman–Crippen LogP) is -1.05. The van der Waals surface area contributed by atoms with Crippen LogP contribution in [0.1, 0.15) is 32.3 Å². The van der Waals surface area contributed by atoms with Gasteiger partial charge in [0.25, 0.3) is 0 Å². The summed E-state index contributed by atoms with van der Waals surface area (Å²) >= 11 is 0. The van der Waals surface area contributed by atoms with Gasteiger partial charge < -0.3 is 37.0 Å². The minimum Gasteiger partial charge on any atom is -0.508 e. The van der Waals surface area contributed by atoms with Crippen molar-refractivity contribution in [1.82, 2.24) is 16.0 Å². The second-order valence-corrected chi connectivity index (χ2v) is 7.62. The van der Waals surface area contributed by atoms with E-state index in [2.05, 4.69) is 16.0 Å². The van der Waals surface area contributed by atoms with Crippen LogP contribution in [0.15, 0.2) is 24.3 Å². The van der Waals surface area contributed by atoms with Gasteiger partial charge in [-0.25, -0.2) is 4.79 Å². The second kappa shape index (κ2) is 13.0. The average Bonchev–Trinajstić information content (AvgIpc) is 2.76. The van der Waals surface area contributed by atoms with Crippen LogP contribution in [-0.2, 0) is 30.4 Å². The molecule has 0 saturated carbocycles. The highest BCUT2D eigenvalue weighted by molar-refractivity contribution is 5.94. The quantitative estimate of drug-likeness (QED) is 0.189. The lowest BCUT2D eigenvalue weighted by atomic mass is 9.99. The van der Waals surface area contributed by atoms with E-state index in [0.717, 1.165) is 0 Å². The fourth-order valence-electron chi connectivity index (χ4n) is 2.77. The third-order valence-corrected chi connectivity index (χ3v) is 5.00. The van der Waals surface area contributed by atoms with Crippen LogP contribution in [0.3, 0.4) is 0 Å². The highest BCUT2D eigenvalue weighted by Gasteiger charge is 2.28. The van der Waals surface area contributed by atoms with E-state index in [1.807, 2.05) is 6.92 Å². The number of phenols is 1. The summed E-state index contributed by atoms with van der Waals surface area (Å²) in [6.45, 7) is 2.92. The molecule has 0 aromatic heterocycles. The lowest BCUT2D eigenvalue weighted by Gasteiger charge is -2.22. The van der Waals surface area contributed by atoms with Crippen LogP contribution >= 0.6 is 0 Å². The van der Waals surface area contributed by atoms with Crippen molar-refractivity contribution >= 4 is 29.7 Å². The van der Waals surface area contributed by atoms with E-state index in [1.54, 1.807) is 6.92 Å². The molecule has 0 saturated heterocycles. The van der Waals surface area contributed by atoms with Crippen LogP contribution in [0, 0.1) is 5.92 Å². The Bertz CT molecular complexity index is 858. The largest absolute Gasteiger partial charge is 0.508 e. The van der Waals surface area contributed by atoms with Crippen molar-refractivity contribution in [3.8, 4) is 5.75 Å². The molecule has 3 amide bonds. The Hall–Kier alpha value is -3.67. The van der Waals surface area contributed by atoms with Gasteiger partial charge in [0, 0.05) is 6.42 Å². The van der Waals surface area contributed by atoms with Crippen LogP contribution in [0.2, 0.25) is 0 Å². The topological polar surface area (TPSA) is 208 Å². The van der Waals surface area contributed by atoms with Crippen LogP contribution < -0.4 is 21.7 Å². The van der Waals surface area contributed by atoms with Gasteiger partial charge >= 0.3 is 11.9 Å². The molecule has 0 aliphatic heterocycles. The summed E-state index contributed by atoms with van der Waals surface area (Å²) in [5.41, 5.74) is 6.35. The van der Waals surface area contributed by atoms with Crippen molar-refractivity contribution in [2.45, 2.75) is 51.2 Å². The van der Waals surface area contributed by atoms with Crippen LogP contribution in [0.25, 0.3) is 0 Å². The molecule has 0 bridgehead atoms.